The maximum absolute atomic E-state index is 5.01. The minimum atomic E-state index is -0.0401. The molecule has 1 aromatic rings. The first-order chi connectivity index (χ1) is 9.88. The monoisotopic (exact) mass is 343 g/mol. The minimum Gasteiger partial charge on any atom is -0.363 e. The van der Waals surface area contributed by atoms with Gasteiger partial charge in [-0.1, -0.05) is 0 Å². The number of anilines is 2. The summed E-state index contributed by atoms with van der Waals surface area (Å²) in [5.41, 5.74) is 2.69. The summed E-state index contributed by atoms with van der Waals surface area (Å²) in [5, 5.41) is 1.22. The molecule has 136 valence electrons. The predicted molar refractivity (Wildman–Crippen MR) is 107 cm³/mol. The molecule has 0 N–H and O–H groups in total. The standard InChI is InChI=1S/C19H37N3.ClH/c1-12(2)21(13(3)4)17-16(20-19(9,10)11)18(17)22(14(5)6)15(7)8;/h12-15H,1-11H3;1H. The van der Waals surface area contributed by atoms with Gasteiger partial charge in [0, 0.05) is 24.2 Å². The number of nitrogens with zero attached hydrogens (tertiary/aromatic N) is 3. The molecule has 0 amide bonds. The van der Waals surface area contributed by atoms with E-state index in [0.29, 0.717) is 24.2 Å². The Labute approximate surface area is 150 Å². The number of hydrogen-bond acceptors (Lipinski definition) is 3. The topological polar surface area (TPSA) is 18.8 Å². The predicted octanol–water partition coefficient (Wildman–Crippen LogP) is 4.93. The zero-order valence-electron chi connectivity index (χ0n) is 17.1. The number of hydrogen-bond donors (Lipinski definition) is 0. The highest BCUT2D eigenvalue weighted by Crippen LogP contribution is 2.38. The first kappa shape index (κ1) is 22.3. The van der Waals surface area contributed by atoms with E-state index >= 15 is 0 Å². The SMILES string of the molecule is CC(C)N(c1c(N(C(C)C)C(C)C)c1=NC(C)(C)C)C(C)C.Cl. The van der Waals surface area contributed by atoms with Gasteiger partial charge in [-0.3, -0.25) is 4.99 Å². The van der Waals surface area contributed by atoms with Gasteiger partial charge < -0.3 is 9.80 Å². The van der Waals surface area contributed by atoms with Gasteiger partial charge in [-0.25, -0.2) is 0 Å². The fourth-order valence-corrected chi connectivity index (χ4v) is 3.31. The quantitative estimate of drug-likeness (QED) is 0.729. The van der Waals surface area contributed by atoms with Gasteiger partial charge in [0.2, 0.25) is 0 Å². The van der Waals surface area contributed by atoms with Crippen molar-refractivity contribution in [1.82, 2.24) is 0 Å². The Morgan fingerprint density at radius 1 is 0.652 bits per heavy atom. The maximum Gasteiger partial charge on any atom is 0.109 e. The van der Waals surface area contributed by atoms with Crippen molar-refractivity contribution in [3.05, 3.63) is 5.36 Å². The van der Waals surface area contributed by atoms with Gasteiger partial charge in [-0.15, -0.1) is 12.4 Å². The Morgan fingerprint density at radius 3 is 1.09 bits per heavy atom. The van der Waals surface area contributed by atoms with Gasteiger partial charge in [0.15, 0.2) is 0 Å². The lowest BCUT2D eigenvalue weighted by Crippen LogP contribution is -2.38. The van der Waals surface area contributed by atoms with Crippen LogP contribution in [0.2, 0.25) is 0 Å². The largest absolute Gasteiger partial charge is 0.363 e. The summed E-state index contributed by atoms with van der Waals surface area (Å²) in [5.74, 6) is 0. The third-order valence-electron chi connectivity index (χ3n) is 3.80. The van der Waals surface area contributed by atoms with Gasteiger partial charge in [0.25, 0.3) is 0 Å². The molecule has 23 heavy (non-hydrogen) atoms. The van der Waals surface area contributed by atoms with Crippen LogP contribution in [0.25, 0.3) is 0 Å². The molecule has 1 aromatic carbocycles. The van der Waals surface area contributed by atoms with Gasteiger partial charge in [-0.2, -0.15) is 0 Å². The second-order valence-corrected chi connectivity index (χ2v) is 8.52. The summed E-state index contributed by atoms with van der Waals surface area (Å²) >= 11 is 0. The first-order valence-corrected chi connectivity index (χ1v) is 8.80. The molecule has 0 unspecified atom stereocenters. The molecule has 0 atom stereocenters. The molecule has 4 heteroatoms. The van der Waals surface area contributed by atoms with Crippen molar-refractivity contribution in [3.8, 4) is 0 Å². The Kier molecular flexibility index (Phi) is 7.67. The molecule has 0 aromatic heterocycles. The molecule has 0 aliphatic rings. The molecule has 3 nitrogen and oxygen atoms in total. The molecule has 0 aliphatic carbocycles. The van der Waals surface area contributed by atoms with Crippen molar-refractivity contribution in [2.75, 3.05) is 9.80 Å². The summed E-state index contributed by atoms with van der Waals surface area (Å²) < 4.78 is 0. The van der Waals surface area contributed by atoms with Crippen LogP contribution in [-0.2, 0) is 0 Å². The van der Waals surface area contributed by atoms with E-state index in [1.165, 1.54) is 16.7 Å². The van der Waals surface area contributed by atoms with Crippen molar-refractivity contribution >= 4 is 23.8 Å². The van der Waals surface area contributed by atoms with Gasteiger partial charge in [0.1, 0.15) is 5.36 Å². The summed E-state index contributed by atoms with van der Waals surface area (Å²) in [6.45, 7) is 24.7. The maximum atomic E-state index is 5.01. The highest BCUT2D eigenvalue weighted by molar-refractivity contribution is 5.86. The van der Waals surface area contributed by atoms with Crippen molar-refractivity contribution in [1.29, 1.82) is 0 Å². The van der Waals surface area contributed by atoms with Crippen LogP contribution in [0.15, 0.2) is 4.99 Å². The fourth-order valence-electron chi connectivity index (χ4n) is 3.31. The van der Waals surface area contributed by atoms with E-state index in [0.717, 1.165) is 0 Å². The van der Waals surface area contributed by atoms with Crippen LogP contribution < -0.4 is 15.2 Å². The van der Waals surface area contributed by atoms with E-state index < -0.39 is 0 Å². The van der Waals surface area contributed by atoms with Crippen molar-refractivity contribution in [2.45, 2.75) is 106 Å². The van der Waals surface area contributed by atoms with Crippen molar-refractivity contribution in [3.63, 3.8) is 0 Å². The molecule has 0 saturated heterocycles. The van der Waals surface area contributed by atoms with E-state index in [-0.39, 0.29) is 17.9 Å². The van der Waals surface area contributed by atoms with Crippen LogP contribution in [0.1, 0.15) is 76.2 Å². The van der Waals surface area contributed by atoms with Crippen molar-refractivity contribution < 1.29 is 0 Å². The zero-order chi connectivity index (χ0) is 17.4. The lowest BCUT2D eigenvalue weighted by Gasteiger charge is -2.33. The third kappa shape index (κ3) is 5.41. The van der Waals surface area contributed by atoms with Crippen LogP contribution in [0.4, 0.5) is 11.4 Å². The van der Waals surface area contributed by atoms with E-state index in [1.54, 1.807) is 0 Å². The molecule has 0 bridgehead atoms. The third-order valence-corrected chi connectivity index (χ3v) is 3.80. The molecule has 0 aliphatic heterocycles. The van der Waals surface area contributed by atoms with Crippen LogP contribution >= 0.6 is 12.4 Å². The fraction of sp³-hybridized carbons (Fsp3) is 0.842. The van der Waals surface area contributed by atoms with Gasteiger partial charge in [-0.05, 0) is 76.2 Å². The minimum absolute atomic E-state index is 0. The molecule has 0 radical (unpaired) electrons. The van der Waals surface area contributed by atoms with E-state index in [9.17, 15) is 0 Å². The smallest absolute Gasteiger partial charge is 0.109 e. The van der Waals surface area contributed by atoms with Crippen LogP contribution in [0.3, 0.4) is 0 Å². The second-order valence-electron chi connectivity index (χ2n) is 8.52. The summed E-state index contributed by atoms with van der Waals surface area (Å²) in [6, 6.07) is 1.94. The molecular weight excluding hydrogens is 306 g/mol. The van der Waals surface area contributed by atoms with Crippen LogP contribution in [0.5, 0.6) is 0 Å². The summed E-state index contributed by atoms with van der Waals surface area (Å²) in [4.78, 5) is 10.0. The van der Waals surface area contributed by atoms with E-state index in [2.05, 4.69) is 86.0 Å². The average Bonchev–Trinajstić information content (AvgIpc) is 2.87. The Bertz CT molecular complexity index is 449. The van der Waals surface area contributed by atoms with Crippen LogP contribution in [0, 0.1) is 0 Å². The Hall–Kier alpha value is -0.700. The number of rotatable bonds is 6. The number of halogens is 1. The first-order valence-electron chi connectivity index (χ1n) is 8.80. The molecule has 1 rings (SSSR count). The summed E-state index contributed by atoms with van der Waals surface area (Å²) in [6.07, 6.45) is 0. The van der Waals surface area contributed by atoms with E-state index in [4.69, 9.17) is 4.99 Å². The normalized spacial score (nSPS) is 12.5. The molecule has 0 fully saturated rings. The van der Waals surface area contributed by atoms with Gasteiger partial charge >= 0.3 is 0 Å². The average molecular weight is 344 g/mol. The Balaban J connectivity index is 0.00000484. The lowest BCUT2D eigenvalue weighted by atomic mass is 10.1. The van der Waals surface area contributed by atoms with Crippen molar-refractivity contribution in [2.24, 2.45) is 4.99 Å². The molecule has 0 spiro atoms. The Morgan fingerprint density at radius 2 is 0.913 bits per heavy atom. The van der Waals surface area contributed by atoms with Gasteiger partial charge in [0.05, 0.1) is 16.9 Å². The lowest BCUT2D eigenvalue weighted by molar-refractivity contribution is 0.565. The molecular formula is C19H38ClN3. The van der Waals surface area contributed by atoms with E-state index in [1.807, 2.05) is 0 Å². The molecule has 0 saturated carbocycles. The highest BCUT2D eigenvalue weighted by Gasteiger charge is 2.35. The highest BCUT2D eigenvalue weighted by atomic mass is 35.5. The summed E-state index contributed by atoms with van der Waals surface area (Å²) in [7, 11) is 0. The zero-order valence-corrected chi connectivity index (χ0v) is 17.9. The van der Waals surface area contributed by atoms with Crippen LogP contribution in [-0.4, -0.2) is 29.7 Å². The molecule has 0 heterocycles. The second kappa shape index (κ2) is 7.92.